The molecule has 0 radical (unpaired) electrons. The monoisotopic (exact) mass is 360 g/mol. The summed E-state index contributed by atoms with van der Waals surface area (Å²) in [7, 11) is 0. The smallest absolute Gasteiger partial charge is 0.326 e. The summed E-state index contributed by atoms with van der Waals surface area (Å²) in [5, 5.41) is 0.496. The molecule has 3 rings (SSSR count). The van der Waals surface area contributed by atoms with Crippen LogP contribution in [0.3, 0.4) is 0 Å². The second-order valence-electron chi connectivity index (χ2n) is 5.35. The molecule has 0 saturated carbocycles. The highest BCUT2D eigenvalue weighted by Crippen LogP contribution is 2.43. The Labute approximate surface area is 147 Å². The Morgan fingerprint density at radius 2 is 1.64 bits per heavy atom. The lowest BCUT2D eigenvalue weighted by atomic mass is 9.99. The number of pyridine rings is 1. The van der Waals surface area contributed by atoms with Crippen LogP contribution in [0.2, 0.25) is 0 Å². The van der Waals surface area contributed by atoms with Crippen molar-refractivity contribution in [2.45, 2.75) is 22.6 Å². The van der Waals surface area contributed by atoms with Crippen LogP contribution in [0.1, 0.15) is 11.1 Å². The molecule has 0 unspecified atom stereocenters. The Morgan fingerprint density at radius 1 is 0.920 bits per heavy atom. The van der Waals surface area contributed by atoms with Crippen LogP contribution in [0.5, 0.6) is 0 Å². The maximum atomic E-state index is 13.7. The van der Waals surface area contributed by atoms with Crippen molar-refractivity contribution in [2.75, 3.05) is 0 Å². The van der Waals surface area contributed by atoms with E-state index in [1.165, 1.54) is 6.07 Å². The Kier molecular flexibility index (Phi) is 5.11. The van der Waals surface area contributed by atoms with Crippen molar-refractivity contribution < 1.29 is 13.2 Å². The first kappa shape index (κ1) is 17.5. The summed E-state index contributed by atoms with van der Waals surface area (Å²) in [5.74, 6) is 0. The van der Waals surface area contributed by atoms with E-state index in [2.05, 4.69) is 4.98 Å². The van der Waals surface area contributed by atoms with Crippen molar-refractivity contribution in [3.8, 4) is 11.1 Å². The SMILES string of the molecule is NCc1cc(-c2ccccc2)cc(C(F)(F)F)c1Sc1ccccn1. The Hall–Kier alpha value is -2.31. The maximum absolute atomic E-state index is 13.7. The molecular formula is C19H15F3N2S. The number of rotatable bonds is 4. The quantitative estimate of drug-likeness (QED) is 0.679. The average Bonchev–Trinajstić information content (AvgIpc) is 2.62. The average molecular weight is 360 g/mol. The predicted molar refractivity (Wildman–Crippen MR) is 93.1 cm³/mol. The highest BCUT2D eigenvalue weighted by Gasteiger charge is 2.35. The van der Waals surface area contributed by atoms with Gasteiger partial charge in [-0.1, -0.05) is 48.2 Å². The van der Waals surface area contributed by atoms with E-state index in [4.69, 9.17) is 5.73 Å². The van der Waals surface area contributed by atoms with Crippen LogP contribution < -0.4 is 5.73 Å². The molecule has 0 amide bonds. The van der Waals surface area contributed by atoms with Gasteiger partial charge in [0.1, 0.15) is 5.03 Å². The number of benzene rings is 2. The maximum Gasteiger partial charge on any atom is 0.417 e. The molecule has 0 aliphatic heterocycles. The van der Waals surface area contributed by atoms with Gasteiger partial charge in [0.2, 0.25) is 0 Å². The molecule has 2 nitrogen and oxygen atoms in total. The summed E-state index contributed by atoms with van der Waals surface area (Å²) >= 11 is 0.985. The highest BCUT2D eigenvalue weighted by atomic mass is 32.2. The van der Waals surface area contributed by atoms with E-state index in [1.54, 1.807) is 54.7 Å². The minimum Gasteiger partial charge on any atom is -0.326 e. The number of alkyl halides is 3. The molecule has 2 N–H and O–H groups in total. The van der Waals surface area contributed by atoms with Gasteiger partial charge in [-0.15, -0.1) is 0 Å². The van der Waals surface area contributed by atoms with E-state index in [0.29, 0.717) is 16.2 Å². The molecule has 128 valence electrons. The molecule has 0 saturated heterocycles. The van der Waals surface area contributed by atoms with Crippen molar-refractivity contribution in [1.82, 2.24) is 4.98 Å². The summed E-state index contributed by atoms with van der Waals surface area (Å²) in [5.41, 5.74) is 6.74. The zero-order valence-electron chi connectivity index (χ0n) is 13.1. The number of hydrogen-bond donors (Lipinski definition) is 1. The first-order valence-corrected chi connectivity index (χ1v) is 8.39. The van der Waals surface area contributed by atoms with Crippen LogP contribution in [0.15, 0.2) is 76.8 Å². The van der Waals surface area contributed by atoms with E-state index in [0.717, 1.165) is 17.3 Å². The standard InChI is InChI=1S/C19H15F3N2S/c20-19(21,22)16-11-14(13-6-2-1-3-7-13)10-15(12-23)18(16)25-17-8-4-5-9-24-17/h1-11H,12,23H2. The van der Waals surface area contributed by atoms with Gasteiger partial charge < -0.3 is 5.73 Å². The minimum absolute atomic E-state index is 0.0128. The summed E-state index contributed by atoms with van der Waals surface area (Å²) in [6.45, 7) is 0.0128. The molecule has 0 aliphatic rings. The van der Waals surface area contributed by atoms with Crippen molar-refractivity contribution >= 4 is 11.8 Å². The fraction of sp³-hybridized carbons (Fsp3) is 0.105. The van der Waals surface area contributed by atoms with Crippen LogP contribution in [0.25, 0.3) is 11.1 Å². The molecular weight excluding hydrogens is 345 g/mol. The number of nitrogens with two attached hydrogens (primary N) is 1. The van der Waals surface area contributed by atoms with Crippen LogP contribution in [-0.4, -0.2) is 4.98 Å². The number of nitrogens with zero attached hydrogens (tertiary/aromatic N) is 1. The fourth-order valence-electron chi connectivity index (χ4n) is 2.48. The first-order chi connectivity index (χ1) is 12.0. The molecule has 0 atom stereocenters. The van der Waals surface area contributed by atoms with Crippen molar-refractivity contribution in [1.29, 1.82) is 0 Å². The van der Waals surface area contributed by atoms with Gasteiger partial charge in [0.25, 0.3) is 0 Å². The van der Waals surface area contributed by atoms with Gasteiger partial charge in [-0.3, -0.25) is 0 Å². The Morgan fingerprint density at radius 3 is 2.24 bits per heavy atom. The zero-order chi connectivity index (χ0) is 17.9. The number of hydrogen-bond acceptors (Lipinski definition) is 3. The van der Waals surface area contributed by atoms with Gasteiger partial charge in [-0.2, -0.15) is 13.2 Å². The lowest BCUT2D eigenvalue weighted by Crippen LogP contribution is -2.11. The van der Waals surface area contributed by atoms with Gasteiger partial charge in [-0.05, 0) is 41.0 Å². The normalized spacial score (nSPS) is 11.5. The van der Waals surface area contributed by atoms with E-state index in [9.17, 15) is 13.2 Å². The van der Waals surface area contributed by atoms with Gasteiger partial charge in [-0.25, -0.2) is 4.98 Å². The van der Waals surface area contributed by atoms with Gasteiger partial charge in [0.15, 0.2) is 0 Å². The molecule has 0 fully saturated rings. The van der Waals surface area contributed by atoms with E-state index in [1.807, 2.05) is 6.07 Å². The van der Waals surface area contributed by atoms with Crippen LogP contribution in [-0.2, 0) is 12.7 Å². The number of aromatic nitrogens is 1. The lowest BCUT2D eigenvalue weighted by molar-refractivity contribution is -0.139. The summed E-state index contributed by atoms with van der Waals surface area (Å²) in [6, 6.07) is 17.0. The first-order valence-electron chi connectivity index (χ1n) is 7.57. The molecule has 1 aromatic heterocycles. The van der Waals surface area contributed by atoms with Crippen LogP contribution >= 0.6 is 11.8 Å². The third-order valence-corrected chi connectivity index (χ3v) is 4.78. The second-order valence-corrected chi connectivity index (χ2v) is 6.38. The van der Waals surface area contributed by atoms with E-state index in [-0.39, 0.29) is 11.4 Å². The summed E-state index contributed by atoms with van der Waals surface area (Å²) in [6.07, 6.45) is -2.93. The zero-order valence-corrected chi connectivity index (χ0v) is 13.9. The summed E-state index contributed by atoms with van der Waals surface area (Å²) < 4.78 is 41.1. The lowest BCUT2D eigenvalue weighted by Gasteiger charge is -2.18. The topological polar surface area (TPSA) is 38.9 Å². The molecule has 3 aromatic rings. The second kappa shape index (κ2) is 7.29. The summed E-state index contributed by atoms with van der Waals surface area (Å²) in [4.78, 5) is 4.21. The molecule has 0 aliphatic carbocycles. The third kappa shape index (κ3) is 4.03. The molecule has 1 heterocycles. The minimum atomic E-state index is -4.48. The Balaban J connectivity index is 2.16. The highest BCUT2D eigenvalue weighted by molar-refractivity contribution is 7.99. The van der Waals surface area contributed by atoms with E-state index < -0.39 is 11.7 Å². The van der Waals surface area contributed by atoms with Gasteiger partial charge >= 0.3 is 6.18 Å². The van der Waals surface area contributed by atoms with Gasteiger partial charge in [0.05, 0.1) is 5.56 Å². The van der Waals surface area contributed by atoms with Crippen molar-refractivity contribution in [3.63, 3.8) is 0 Å². The fourth-order valence-corrected chi connectivity index (χ4v) is 3.51. The van der Waals surface area contributed by atoms with Crippen LogP contribution in [0.4, 0.5) is 13.2 Å². The molecule has 6 heteroatoms. The van der Waals surface area contributed by atoms with Crippen LogP contribution in [0, 0.1) is 0 Å². The molecule has 0 spiro atoms. The number of halogens is 3. The molecule has 0 bridgehead atoms. The Bertz CT molecular complexity index is 850. The van der Waals surface area contributed by atoms with Crippen molar-refractivity contribution in [2.24, 2.45) is 5.73 Å². The molecule has 2 aromatic carbocycles. The predicted octanol–water partition coefficient (Wildman–Crippen LogP) is 5.38. The van der Waals surface area contributed by atoms with Gasteiger partial charge in [0, 0.05) is 17.6 Å². The molecule has 25 heavy (non-hydrogen) atoms. The van der Waals surface area contributed by atoms with Crippen molar-refractivity contribution in [3.05, 3.63) is 78.0 Å². The largest absolute Gasteiger partial charge is 0.417 e. The third-order valence-electron chi connectivity index (χ3n) is 3.64. The van der Waals surface area contributed by atoms with E-state index >= 15 is 0 Å².